The number of benzene rings is 2. The van der Waals surface area contributed by atoms with Gasteiger partial charge in [-0.25, -0.2) is 0 Å². The summed E-state index contributed by atoms with van der Waals surface area (Å²) in [7, 11) is 0. The molecule has 2 heterocycles. The highest BCUT2D eigenvalue weighted by Crippen LogP contribution is 2.35. The van der Waals surface area contributed by atoms with E-state index in [4.69, 9.17) is 0 Å². The Morgan fingerprint density at radius 3 is 2.41 bits per heavy atom. The van der Waals surface area contributed by atoms with Crippen LogP contribution in [0.1, 0.15) is 64.3 Å². The Bertz CT molecular complexity index is 1050. The quantitative estimate of drug-likeness (QED) is 0.425. The first-order valence-corrected chi connectivity index (χ1v) is 11.7. The van der Waals surface area contributed by atoms with Gasteiger partial charge in [-0.1, -0.05) is 83.2 Å². The van der Waals surface area contributed by atoms with Gasteiger partial charge < -0.3 is 15.7 Å². The Balaban J connectivity index is 0.000000860. The van der Waals surface area contributed by atoms with Crippen molar-refractivity contribution in [3.8, 4) is 5.75 Å². The second-order valence-corrected chi connectivity index (χ2v) is 7.14. The van der Waals surface area contributed by atoms with Crippen LogP contribution in [0.5, 0.6) is 5.75 Å². The van der Waals surface area contributed by atoms with Crippen molar-refractivity contribution in [2.45, 2.75) is 54.0 Å². The molecular formula is C28H37N3O. The fraction of sp³-hybridized carbons (Fsp3) is 0.321. The summed E-state index contributed by atoms with van der Waals surface area (Å²) >= 11 is 0. The molecule has 0 fully saturated rings. The number of phenolic OH excluding ortho intramolecular Hbond substituents is 1. The summed E-state index contributed by atoms with van der Waals surface area (Å²) in [6, 6.07) is 16.2. The summed E-state index contributed by atoms with van der Waals surface area (Å²) in [4.78, 5) is 4.39. The molecule has 2 aromatic carbocycles. The van der Waals surface area contributed by atoms with Crippen molar-refractivity contribution in [3.05, 3.63) is 95.0 Å². The highest BCUT2D eigenvalue weighted by atomic mass is 16.3. The lowest BCUT2D eigenvalue weighted by molar-refractivity contribution is 0.465. The first-order chi connectivity index (χ1) is 15.7. The van der Waals surface area contributed by atoms with Gasteiger partial charge in [-0.05, 0) is 42.2 Å². The zero-order chi connectivity index (χ0) is 23.5. The number of phenols is 1. The number of aryl methyl sites for hydroxylation is 1. The third-order valence-corrected chi connectivity index (χ3v) is 5.20. The second kappa shape index (κ2) is 12.6. The summed E-state index contributed by atoms with van der Waals surface area (Å²) in [6.45, 7) is 13.0. The summed E-state index contributed by atoms with van der Waals surface area (Å²) in [5.74, 6) is 1.17. The third-order valence-electron chi connectivity index (χ3n) is 5.20. The van der Waals surface area contributed by atoms with Crippen LogP contribution >= 0.6 is 0 Å². The number of hydrogen-bond donors (Lipinski definition) is 3. The molecule has 1 atom stereocenters. The van der Waals surface area contributed by atoms with Crippen LogP contribution in [0.2, 0.25) is 0 Å². The van der Waals surface area contributed by atoms with E-state index in [9.17, 15) is 5.11 Å². The smallest absolute Gasteiger partial charge is 0.147 e. The number of nitrogens with one attached hydrogen (secondary N) is 2. The SMILES string of the molecule is CC.CC.CCc1ccc(C(NC2=CC(C)=CCN2)c2ccc3cccnc3c2O)cc1. The van der Waals surface area contributed by atoms with E-state index in [2.05, 4.69) is 65.9 Å². The molecule has 1 aliphatic heterocycles. The van der Waals surface area contributed by atoms with Crippen LogP contribution in [0.25, 0.3) is 10.9 Å². The minimum absolute atomic E-state index is 0.193. The Kier molecular flexibility index (Phi) is 9.80. The van der Waals surface area contributed by atoms with Crippen molar-refractivity contribution in [2.75, 3.05) is 6.54 Å². The molecule has 170 valence electrons. The molecule has 32 heavy (non-hydrogen) atoms. The molecule has 3 N–H and O–H groups in total. The van der Waals surface area contributed by atoms with E-state index in [0.29, 0.717) is 5.52 Å². The lowest BCUT2D eigenvalue weighted by Crippen LogP contribution is -2.32. The minimum Gasteiger partial charge on any atom is -0.505 e. The van der Waals surface area contributed by atoms with Gasteiger partial charge >= 0.3 is 0 Å². The normalized spacial score (nSPS) is 13.3. The first kappa shape index (κ1) is 25.0. The topological polar surface area (TPSA) is 57.2 Å². The molecule has 4 heteroatoms. The van der Waals surface area contributed by atoms with Crippen LogP contribution in [-0.2, 0) is 6.42 Å². The summed E-state index contributed by atoms with van der Waals surface area (Å²) in [5.41, 5.74) is 5.04. The zero-order valence-corrected chi connectivity index (χ0v) is 20.2. The Labute approximate surface area is 193 Å². The number of pyridine rings is 1. The number of allylic oxidation sites excluding steroid dienone is 2. The second-order valence-electron chi connectivity index (χ2n) is 7.14. The van der Waals surface area contributed by atoms with Crippen molar-refractivity contribution >= 4 is 10.9 Å². The molecule has 0 saturated heterocycles. The molecule has 0 bridgehead atoms. The van der Waals surface area contributed by atoms with E-state index < -0.39 is 0 Å². The predicted octanol–water partition coefficient (Wildman–Crippen LogP) is 6.63. The number of dihydropyridines is 1. The van der Waals surface area contributed by atoms with E-state index in [1.165, 1.54) is 11.1 Å². The fourth-order valence-electron chi connectivity index (χ4n) is 3.57. The molecule has 0 spiro atoms. The Morgan fingerprint density at radius 2 is 1.75 bits per heavy atom. The number of fused-ring (bicyclic) bond motifs is 1. The van der Waals surface area contributed by atoms with Gasteiger partial charge in [-0.15, -0.1) is 0 Å². The van der Waals surface area contributed by atoms with Crippen LogP contribution in [0, 0.1) is 0 Å². The molecule has 4 nitrogen and oxygen atoms in total. The van der Waals surface area contributed by atoms with Gasteiger partial charge in [-0.3, -0.25) is 4.98 Å². The van der Waals surface area contributed by atoms with Gasteiger partial charge in [0.25, 0.3) is 0 Å². The van der Waals surface area contributed by atoms with E-state index in [1.54, 1.807) is 6.20 Å². The number of aromatic nitrogens is 1. The standard InChI is InChI=1S/C24H25N3O.2C2H6/c1-3-17-6-8-19(9-7-17)22(27-21-15-16(2)12-14-25-21)20-11-10-18-5-4-13-26-23(18)24(20)28;2*1-2/h4-13,15,22,25,27-28H,3,14H2,1-2H3;2*1-2H3. The number of hydrogen-bond acceptors (Lipinski definition) is 4. The van der Waals surface area contributed by atoms with Gasteiger partial charge in [-0.2, -0.15) is 0 Å². The van der Waals surface area contributed by atoms with E-state index in [0.717, 1.165) is 35.3 Å². The van der Waals surface area contributed by atoms with Gasteiger partial charge in [0.2, 0.25) is 0 Å². The maximum atomic E-state index is 11.0. The molecule has 0 radical (unpaired) electrons. The van der Waals surface area contributed by atoms with Crippen molar-refractivity contribution in [3.63, 3.8) is 0 Å². The molecule has 0 amide bonds. The van der Waals surface area contributed by atoms with Crippen molar-refractivity contribution in [1.82, 2.24) is 15.6 Å². The Hall–Kier alpha value is -3.27. The van der Waals surface area contributed by atoms with E-state index in [-0.39, 0.29) is 11.8 Å². The highest BCUT2D eigenvalue weighted by molar-refractivity contribution is 5.85. The predicted molar refractivity (Wildman–Crippen MR) is 137 cm³/mol. The Morgan fingerprint density at radius 1 is 1.03 bits per heavy atom. The van der Waals surface area contributed by atoms with Gasteiger partial charge in [0.15, 0.2) is 0 Å². The maximum Gasteiger partial charge on any atom is 0.147 e. The van der Waals surface area contributed by atoms with Gasteiger partial charge in [0.1, 0.15) is 11.3 Å². The monoisotopic (exact) mass is 431 g/mol. The molecule has 3 aromatic rings. The van der Waals surface area contributed by atoms with Crippen LogP contribution in [0.4, 0.5) is 0 Å². The van der Waals surface area contributed by atoms with E-state index in [1.807, 2.05) is 52.0 Å². The molecular weight excluding hydrogens is 394 g/mol. The van der Waals surface area contributed by atoms with Gasteiger partial charge in [0, 0.05) is 23.7 Å². The molecule has 1 aliphatic rings. The molecule has 4 rings (SSSR count). The maximum absolute atomic E-state index is 11.0. The molecule has 1 unspecified atom stereocenters. The van der Waals surface area contributed by atoms with Crippen molar-refractivity contribution in [1.29, 1.82) is 0 Å². The molecule has 1 aromatic heterocycles. The van der Waals surface area contributed by atoms with Crippen LogP contribution in [0.3, 0.4) is 0 Å². The number of nitrogens with zero attached hydrogens (tertiary/aromatic N) is 1. The van der Waals surface area contributed by atoms with Crippen LogP contribution < -0.4 is 10.6 Å². The van der Waals surface area contributed by atoms with Crippen LogP contribution in [0.15, 0.2) is 78.3 Å². The van der Waals surface area contributed by atoms with Crippen molar-refractivity contribution < 1.29 is 5.11 Å². The molecule has 0 saturated carbocycles. The van der Waals surface area contributed by atoms with Crippen LogP contribution in [-0.4, -0.2) is 16.6 Å². The van der Waals surface area contributed by atoms with Crippen molar-refractivity contribution in [2.24, 2.45) is 0 Å². The lowest BCUT2D eigenvalue weighted by Gasteiger charge is -2.26. The zero-order valence-electron chi connectivity index (χ0n) is 20.2. The third kappa shape index (κ3) is 5.91. The minimum atomic E-state index is -0.193. The van der Waals surface area contributed by atoms with E-state index >= 15 is 0 Å². The average molecular weight is 432 g/mol. The average Bonchev–Trinajstić information content (AvgIpc) is 2.86. The first-order valence-electron chi connectivity index (χ1n) is 11.7. The fourth-order valence-corrected chi connectivity index (χ4v) is 3.57. The number of aromatic hydroxyl groups is 1. The van der Waals surface area contributed by atoms with Gasteiger partial charge in [0.05, 0.1) is 11.9 Å². The molecule has 0 aliphatic carbocycles. The highest BCUT2D eigenvalue weighted by Gasteiger charge is 2.21. The lowest BCUT2D eigenvalue weighted by atomic mass is 9.95. The number of rotatable bonds is 5. The summed E-state index contributed by atoms with van der Waals surface area (Å²) in [5, 5.41) is 18.9. The summed E-state index contributed by atoms with van der Waals surface area (Å²) < 4.78 is 0. The summed E-state index contributed by atoms with van der Waals surface area (Å²) in [6.07, 6.45) is 6.95. The largest absolute Gasteiger partial charge is 0.505 e.